The van der Waals surface area contributed by atoms with Gasteiger partial charge in [-0.2, -0.15) is 13.2 Å². The van der Waals surface area contributed by atoms with Gasteiger partial charge in [0.1, 0.15) is 5.75 Å². The van der Waals surface area contributed by atoms with E-state index in [-0.39, 0.29) is 10.7 Å². The van der Waals surface area contributed by atoms with Crippen molar-refractivity contribution in [1.29, 1.82) is 0 Å². The number of rotatable bonds is 4. The summed E-state index contributed by atoms with van der Waals surface area (Å²) in [5.41, 5.74) is 0.887. The van der Waals surface area contributed by atoms with Crippen molar-refractivity contribution in [2.75, 3.05) is 5.32 Å². The molecule has 0 spiro atoms. The number of benzene rings is 2. The summed E-state index contributed by atoms with van der Waals surface area (Å²) in [6, 6.07) is 8.18. The largest absolute Gasteiger partial charge is 0.481 e. The Balaban J connectivity index is 2.15. The summed E-state index contributed by atoms with van der Waals surface area (Å²) in [5, 5.41) is 2.40. The third kappa shape index (κ3) is 4.66. The fraction of sp³-hybridized carbons (Fsp3) is 0.278. The zero-order chi connectivity index (χ0) is 18.8. The predicted octanol–water partition coefficient (Wildman–Crippen LogP) is 5.38. The lowest BCUT2D eigenvalue weighted by Gasteiger charge is -2.18. The van der Waals surface area contributed by atoms with Gasteiger partial charge < -0.3 is 10.1 Å². The Kier molecular flexibility index (Phi) is 5.62. The highest BCUT2D eigenvalue weighted by Crippen LogP contribution is 2.34. The van der Waals surface area contributed by atoms with Gasteiger partial charge in [-0.3, -0.25) is 4.79 Å². The van der Waals surface area contributed by atoms with Gasteiger partial charge in [0, 0.05) is 0 Å². The maximum atomic E-state index is 12.8. The molecular formula is C18H17ClF3NO2. The maximum absolute atomic E-state index is 12.8. The molecule has 0 aromatic heterocycles. The molecule has 25 heavy (non-hydrogen) atoms. The molecule has 1 amide bonds. The summed E-state index contributed by atoms with van der Waals surface area (Å²) in [5.74, 6) is -0.0556. The monoisotopic (exact) mass is 371 g/mol. The van der Waals surface area contributed by atoms with Crippen LogP contribution in [0.15, 0.2) is 36.4 Å². The van der Waals surface area contributed by atoms with Crippen LogP contribution in [0, 0.1) is 13.8 Å². The molecule has 1 N–H and O–H groups in total. The number of alkyl halides is 3. The molecule has 1 atom stereocenters. The van der Waals surface area contributed by atoms with Crippen molar-refractivity contribution < 1.29 is 22.7 Å². The highest BCUT2D eigenvalue weighted by atomic mass is 35.5. The van der Waals surface area contributed by atoms with E-state index in [9.17, 15) is 18.0 Å². The molecule has 134 valence electrons. The second kappa shape index (κ2) is 7.35. The molecule has 7 heteroatoms. The summed E-state index contributed by atoms with van der Waals surface area (Å²) >= 11 is 5.88. The minimum atomic E-state index is -4.52. The number of hydrogen-bond donors (Lipinski definition) is 1. The number of hydrogen-bond acceptors (Lipinski definition) is 2. The second-order valence-corrected chi connectivity index (χ2v) is 6.05. The molecule has 0 heterocycles. The molecule has 2 rings (SSSR count). The molecule has 1 unspecified atom stereocenters. The van der Waals surface area contributed by atoms with Crippen LogP contribution in [0.4, 0.5) is 18.9 Å². The van der Waals surface area contributed by atoms with Crippen LogP contribution in [-0.2, 0) is 11.0 Å². The van der Waals surface area contributed by atoms with Gasteiger partial charge in [-0.25, -0.2) is 0 Å². The SMILES string of the molecule is Cc1cccc(OC(C)C(=O)Nc2cc(C(F)(F)F)ccc2Cl)c1C. The van der Waals surface area contributed by atoms with Crippen molar-refractivity contribution in [2.45, 2.75) is 33.1 Å². The first kappa shape index (κ1) is 19.1. The first-order chi connectivity index (χ1) is 11.6. The third-order valence-corrected chi connectivity index (χ3v) is 4.11. The smallest absolute Gasteiger partial charge is 0.416 e. The van der Waals surface area contributed by atoms with Crippen LogP contribution in [-0.4, -0.2) is 12.0 Å². The number of anilines is 1. The standard InChI is InChI=1S/C18H17ClF3NO2/c1-10-5-4-6-16(11(10)2)25-12(3)17(24)23-15-9-13(18(20,21)22)7-8-14(15)19/h4-9,12H,1-3H3,(H,23,24). The Morgan fingerprint density at radius 1 is 1.20 bits per heavy atom. The average Bonchev–Trinajstić information content (AvgIpc) is 2.52. The number of carbonyl (C=O) groups is 1. The summed E-state index contributed by atoms with van der Waals surface area (Å²) < 4.78 is 44.0. The van der Waals surface area contributed by atoms with E-state index in [1.165, 1.54) is 6.92 Å². The molecule has 0 radical (unpaired) electrons. The Morgan fingerprint density at radius 2 is 1.88 bits per heavy atom. The first-order valence-corrected chi connectivity index (χ1v) is 7.88. The third-order valence-electron chi connectivity index (χ3n) is 3.78. The van der Waals surface area contributed by atoms with Crippen LogP contribution in [0.3, 0.4) is 0 Å². The molecule has 0 saturated heterocycles. The van der Waals surface area contributed by atoms with Gasteiger partial charge in [0.2, 0.25) is 0 Å². The van der Waals surface area contributed by atoms with E-state index < -0.39 is 23.8 Å². The molecule has 2 aromatic carbocycles. The van der Waals surface area contributed by atoms with Gasteiger partial charge in [-0.15, -0.1) is 0 Å². The Hall–Kier alpha value is -2.21. The first-order valence-electron chi connectivity index (χ1n) is 7.50. The highest BCUT2D eigenvalue weighted by Gasteiger charge is 2.31. The lowest BCUT2D eigenvalue weighted by Crippen LogP contribution is -2.30. The number of amides is 1. The van der Waals surface area contributed by atoms with Crippen molar-refractivity contribution >= 4 is 23.2 Å². The van der Waals surface area contributed by atoms with E-state index in [0.29, 0.717) is 5.75 Å². The number of nitrogens with one attached hydrogen (secondary N) is 1. The van der Waals surface area contributed by atoms with Crippen LogP contribution in [0.25, 0.3) is 0 Å². The molecule has 0 fully saturated rings. The molecule has 0 aliphatic heterocycles. The van der Waals surface area contributed by atoms with E-state index in [2.05, 4.69) is 5.32 Å². The number of carbonyl (C=O) groups excluding carboxylic acids is 1. The Labute approximate surface area is 148 Å². The summed E-state index contributed by atoms with van der Waals surface area (Å²) in [6.45, 7) is 5.28. The normalized spacial score (nSPS) is 12.6. The number of ether oxygens (including phenoxy) is 1. The Bertz CT molecular complexity index is 790. The summed E-state index contributed by atoms with van der Waals surface area (Å²) in [7, 11) is 0. The minimum Gasteiger partial charge on any atom is -0.481 e. The van der Waals surface area contributed by atoms with E-state index >= 15 is 0 Å². The van der Waals surface area contributed by atoms with Gasteiger partial charge in [-0.1, -0.05) is 23.7 Å². The van der Waals surface area contributed by atoms with Gasteiger partial charge in [0.25, 0.3) is 5.91 Å². The van der Waals surface area contributed by atoms with Crippen molar-refractivity contribution in [3.63, 3.8) is 0 Å². The number of halogens is 4. The van der Waals surface area contributed by atoms with Crippen molar-refractivity contribution in [3.05, 3.63) is 58.1 Å². The van der Waals surface area contributed by atoms with Crippen molar-refractivity contribution in [1.82, 2.24) is 0 Å². The lowest BCUT2D eigenvalue weighted by atomic mass is 10.1. The van der Waals surface area contributed by atoms with E-state index in [4.69, 9.17) is 16.3 Å². The maximum Gasteiger partial charge on any atom is 0.416 e. The summed E-state index contributed by atoms with van der Waals surface area (Å²) in [6.07, 6.45) is -5.43. The van der Waals surface area contributed by atoms with Crippen LogP contribution >= 0.6 is 11.6 Å². The second-order valence-electron chi connectivity index (χ2n) is 5.64. The lowest BCUT2D eigenvalue weighted by molar-refractivity contribution is -0.137. The molecule has 0 aliphatic rings. The highest BCUT2D eigenvalue weighted by molar-refractivity contribution is 6.33. The van der Waals surface area contributed by atoms with Crippen LogP contribution in [0.5, 0.6) is 5.75 Å². The molecule has 0 bridgehead atoms. The van der Waals surface area contributed by atoms with Gasteiger partial charge in [0.15, 0.2) is 6.10 Å². The topological polar surface area (TPSA) is 38.3 Å². The average molecular weight is 372 g/mol. The van der Waals surface area contributed by atoms with Crippen molar-refractivity contribution in [2.24, 2.45) is 0 Å². The van der Waals surface area contributed by atoms with Gasteiger partial charge in [-0.05, 0) is 56.2 Å². The van der Waals surface area contributed by atoms with E-state index in [0.717, 1.165) is 29.3 Å². The van der Waals surface area contributed by atoms with Crippen molar-refractivity contribution in [3.8, 4) is 5.75 Å². The zero-order valence-corrected chi connectivity index (χ0v) is 14.6. The van der Waals surface area contributed by atoms with Gasteiger partial charge in [0.05, 0.1) is 16.3 Å². The van der Waals surface area contributed by atoms with E-state index in [1.54, 1.807) is 12.1 Å². The Morgan fingerprint density at radius 3 is 2.52 bits per heavy atom. The zero-order valence-electron chi connectivity index (χ0n) is 13.9. The van der Waals surface area contributed by atoms with Crippen LogP contribution in [0.2, 0.25) is 5.02 Å². The molecule has 0 saturated carbocycles. The van der Waals surface area contributed by atoms with E-state index in [1.807, 2.05) is 19.9 Å². The van der Waals surface area contributed by atoms with Gasteiger partial charge >= 0.3 is 6.18 Å². The molecule has 0 aliphatic carbocycles. The molecular weight excluding hydrogens is 355 g/mol. The predicted molar refractivity (Wildman–Crippen MR) is 91.1 cm³/mol. The number of aryl methyl sites for hydroxylation is 1. The molecule has 2 aromatic rings. The fourth-order valence-electron chi connectivity index (χ4n) is 2.13. The summed E-state index contributed by atoms with van der Waals surface area (Å²) in [4.78, 5) is 12.3. The quantitative estimate of drug-likeness (QED) is 0.783. The minimum absolute atomic E-state index is 0.0142. The fourth-order valence-corrected chi connectivity index (χ4v) is 2.29. The van der Waals surface area contributed by atoms with Crippen LogP contribution < -0.4 is 10.1 Å². The molecule has 3 nitrogen and oxygen atoms in total. The van der Waals surface area contributed by atoms with Crippen LogP contribution in [0.1, 0.15) is 23.6 Å².